The van der Waals surface area contributed by atoms with E-state index in [1.165, 1.54) is 5.56 Å². The van der Waals surface area contributed by atoms with E-state index in [1.54, 1.807) is 16.4 Å². The number of aromatic nitrogens is 4. The normalized spacial score (nSPS) is 10.5. The third kappa shape index (κ3) is 7.19. The van der Waals surface area contributed by atoms with E-state index in [4.69, 9.17) is 9.47 Å². The predicted molar refractivity (Wildman–Crippen MR) is 122 cm³/mol. The van der Waals surface area contributed by atoms with Crippen LogP contribution in [0, 0.1) is 6.92 Å². The summed E-state index contributed by atoms with van der Waals surface area (Å²) >= 11 is 1.63. The molecule has 30 heavy (non-hydrogen) atoms. The zero-order valence-electron chi connectivity index (χ0n) is 17.5. The van der Waals surface area contributed by atoms with Gasteiger partial charge in [-0.3, -0.25) is 0 Å². The van der Waals surface area contributed by atoms with Crippen LogP contribution in [0.15, 0.2) is 47.6 Å². The number of nitrogens with one attached hydrogen (secondary N) is 1. The molecule has 0 amide bonds. The maximum absolute atomic E-state index is 6.00. The lowest BCUT2D eigenvalue weighted by Crippen LogP contribution is -2.17. The van der Waals surface area contributed by atoms with Crippen LogP contribution in [0.4, 0.5) is 0 Å². The first-order chi connectivity index (χ1) is 14.2. The Morgan fingerprint density at radius 3 is 2.50 bits per heavy atom. The molecule has 1 N–H and O–H groups in total. The Bertz CT molecular complexity index is 905. The van der Waals surface area contributed by atoms with Crippen molar-refractivity contribution in [1.29, 1.82) is 0 Å². The Labute approximate surface area is 188 Å². The molecule has 7 nitrogen and oxygen atoms in total. The summed E-state index contributed by atoms with van der Waals surface area (Å²) in [4.78, 5) is 0. The molecule has 2 aromatic carbocycles. The Kier molecular flexibility index (Phi) is 9.93. The van der Waals surface area contributed by atoms with Crippen molar-refractivity contribution in [1.82, 2.24) is 25.5 Å². The summed E-state index contributed by atoms with van der Waals surface area (Å²) < 4.78 is 13.5. The van der Waals surface area contributed by atoms with E-state index in [-0.39, 0.29) is 12.4 Å². The highest BCUT2D eigenvalue weighted by atomic mass is 35.5. The van der Waals surface area contributed by atoms with Crippen molar-refractivity contribution < 1.29 is 9.47 Å². The van der Waals surface area contributed by atoms with Crippen LogP contribution in [0.2, 0.25) is 0 Å². The second-order valence-corrected chi connectivity index (χ2v) is 7.66. The third-order valence-electron chi connectivity index (χ3n) is 4.24. The quantitative estimate of drug-likeness (QED) is 0.352. The van der Waals surface area contributed by atoms with Gasteiger partial charge >= 0.3 is 0 Å². The average molecular weight is 450 g/mol. The van der Waals surface area contributed by atoms with Gasteiger partial charge in [-0.25, -0.2) is 4.68 Å². The molecule has 3 aromatic rings. The second-order valence-electron chi connectivity index (χ2n) is 6.60. The summed E-state index contributed by atoms with van der Waals surface area (Å²) in [5, 5.41) is 15.7. The molecule has 0 saturated carbocycles. The lowest BCUT2D eigenvalue weighted by molar-refractivity contribution is 0.269. The molecule has 0 bridgehead atoms. The van der Waals surface area contributed by atoms with Crippen molar-refractivity contribution in [3.05, 3.63) is 59.2 Å². The molecule has 0 atom stereocenters. The standard InChI is InChI=1S/C21H27N5O2S.ClH/c1-4-27-20-13-18(14-22-11-12-29-21-23-24-25-26(21)3)9-10-19(20)28-15-17-7-5-16(2)6-8-17;/h5-10,13,22H,4,11-12,14-15H2,1-3H3;1H. The highest BCUT2D eigenvalue weighted by molar-refractivity contribution is 7.99. The van der Waals surface area contributed by atoms with Crippen molar-refractivity contribution >= 4 is 24.2 Å². The molecule has 0 fully saturated rings. The molecule has 0 aliphatic heterocycles. The number of benzene rings is 2. The molecule has 1 aromatic heterocycles. The molecular formula is C21H28ClN5O2S. The van der Waals surface area contributed by atoms with E-state index in [9.17, 15) is 0 Å². The molecule has 0 aliphatic rings. The molecule has 1 heterocycles. The van der Waals surface area contributed by atoms with Crippen molar-refractivity contribution in [2.75, 3.05) is 18.9 Å². The van der Waals surface area contributed by atoms with Gasteiger partial charge in [-0.2, -0.15) is 0 Å². The SMILES string of the molecule is CCOc1cc(CNCCSc2nnnn2C)ccc1OCc1ccc(C)cc1.Cl. The second kappa shape index (κ2) is 12.4. The van der Waals surface area contributed by atoms with Crippen LogP contribution >= 0.6 is 24.2 Å². The van der Waals surface area contributed by atoms with Crippen molar-refractivity contribution in [2.45, 2.75) is 32.2 Å². The molecule has 0 unspecified atom stereocenters. The average Bonchev–Trinajstić information content (AvgIpc) is 3.13. The number of hydrogen-bond donors (Lipinski definition) is 1. The van der Waals surface area contributed by atoms with Gasteiger partial charge in [0.15, 0.2) is 11.5 Å². The lowest BCUT2D eigenvalue weighted by Gasteiger charge is -2.14. The number of halogens is 1. The minimum Gasteiger partial charge on any atom is -0.490 e. The van der Waals surface area contributed by atoms with Crippen LogP contribution in [0.1, 0.15) is 23.6 Å². The highest BCUT2D eigenvalue weighted by Gasteiger charge is 2.08. The Morgan fingerprint density at radius 1 is 1.03 bits per heavy atom. The maximum Gasteiger partial charge on any atom is 0.209 e. The molecule has 0 aliphatic carbocycles. The van der Waals surface area contributed by atoms with Crippen LogP contribution in [0.3, 0.4) is 0 Å². The fourth-order valence-electron chi connectivity index (χ4n) is 2.69. The molecule has 0 spiro atoms. The van der Waals surface area contributed by atoms with Gasteiger partial charge in [-0.1, -0.05) is 47.7 Å². The summed E-state index contributed by atoms with van der Waals surface area (Å²) in [6, 6.07) is 14.5. The Balaban J connectivity index is 0.00000320. The summed E-state index contributed by atoms with van der Waals surface area (Å²) in [6.45, 7) is 6.79. The van der Waals surface area contributed by atoms with Gasteiger partial charge in [-0.15, -0.1) is 17.5 Å². The number of ether oxygens (including phenoxy) is 2. The monoisotopic (exact) mass is 449 g/mol. The smallest absolute Gasteiger partial charge is 0.209 e. The van der Waals surface area contributed by atoms with Crippen LogP contribution in [-0.2, 0) is 20.2 Å². The van der Waals surface area contributed by atoms with Crippen molar-refractivity contribution in [3.63, 3.8) is 0 Å². The first-order valence-electron chi connectivity index (χ1n) is 9.65. The van der Waals surface area contributed by atoms with Gasteiger partial charge in [-0.05, 0) is 47.5 Å². The molecule has 0 saturated heterocycles. The molecule has 162 valence electrons. The van der Waals surface area contributed by atoms with E-state index in [1.807, 2.05) is 26.1 Å². The van der Waals surface area contributed by atoms with Crippen LogP contribution in [-0.4, -0.2) is 39.1 Å². The zero-order valence-corrected chi connectivity index (χ0v) is 19.1. The van der Waals surface area contributed by atoms with Crippen molar-refractivity contribution in [2.24, 2.45) is 7.05 Å². The lowest BCUT2D eigenvalue weighted by atomic mass is 10.1. The zero-order chi connectivity index (χ0) is 20.5. The first kappa shape index (κ1) is 24.0. The summed E-state index contributed by atoms with van der Waals surface area (Å²) in [7, 11) is 1.84. The Morgan fingerprint density at radius 2 is 1.80 bits per heavy atom. The van der Waals surface area contributed by atoms with Gasteiger partial charge in [0.25, 0.3) is 0 Å². The van der Waals surface area contributed by atoms with Gasteiger partial charge < -0.3 is 14.8 Å². The number of tetrazole rings is 1. The van der Waals surface area contributed by atoms with E-state index in [2.05, 4.69) is 58.1 Å². The number of thioether (sulfide) groups is 1. The predicted octanol–water partition coefficient (Wildman–Crippen LogP) is 3.80. The van der Waals surface area contributed by atoms with Crippen LogP contribution in [0.25, 0.3) is 0 Å². The van der Waals surface area contributed by atoms with Crippen LogP contribution < -0.4 is 14.8 Å². The highest BCUT2D eigenvalue weighted by Crippen LogP contribution is 2.29. The Hall–Kier alpha value is -2.29. The molecule has 3 rings (SSSR count). The maximum atomic E-state index is 6.00. The topological polar surface area (TPSA) is 74.1 Å². The summed E-state index contributed by atoms with van der Waals surface area (Å²) in [5.41, 5.74) is 3.54. The van der Waals surface area contributed by atoms with E-state index in [0.717, 1.165) is 46.6 Å². The van der Waals surface area contributed by atoms with Gasteiger partial charge in [0.1, 0.15) is 6.61 Å². The number of aryl methyl sites for hydroxylation is 2. The molecular weight excluding hydrogens is 422 g/mol. The third-order valence-corrected chi connectivity index (χ3v) is 5.26. The van der Waals surface area contributed by atoms with Gasteiger partial charge in [0.05, 0.1) is 6.61 Å². The largest absolute Gasteiger partial charge is 0.490 e. The number of nitrogens with zero attached hydrogens (tertiary/aromatic N) is 4. The minimum atomic E-state index is 0. The summed E-state index contributed by atoms with van der Waals surface area (Å²) in [5.74, 6) is 2.43. The summed E-state index contributed by atoms with van der Waals surface area (Å²) in [6.07, 6.45) is 0. The van der Waals surface area contributed by atoms with Gasteiger partial charge in [0, 0.05) is 25.9 Å². The van der Waals surface area contributed by atoms with E-state index < -0.39 is 0 Å². The number of hydrogen-bond acceptors (Lipinski definition) is 7. The van der Waals surface area contributed by atoms with Gasteiger partial charge in [0.2, 0.25) is 5.16 Å². The van der Waals surface area contributed by atoms with E-state index in [0.29, 0.717) is 13.2 Å². The molecule has 9 heteroatoms. The fraction of sp³-hybridized carbons (Fsp3) is 0.381. The van der Waals surface area contributed by atoms with Crippen LogP contribution in [0.5, 0.6) is 11.5 Å². The first-order valence-corrected chi connectivity index (χ1v) is 10.6. The van der Waals surface area contributed by atoms with Crippen molar-refractivity contribution in [3.8, 4) is 11.5 Å². The van der Waals surface area contributed by atoms with E-state index >= 15 is 0 Å². The molecule has 0 radical (unpaired) electrons. The number of rotatable bonds is 11. The fourth-order valence-corrected chi connectivity index (χ4v) is 3.43. The minimum absolute atomic E-state index is 0.